The fourth-order valence-corrected chi connectivity index (χ4v) is 3.26. The van der Waals surface area contributed by atoms with Gasteiger partial charge >= 0.3 is 11.9 Å². The van der Waals surface area contributed by atoms with E-state index >= 15 is 0 Å². The highest BCUT2D eigenvalue weighted by Gasteiger charge is 2.32. The van der Waals surface area contributed by atoms with Crippen LogP contribution in [0, 0.1) is 0 Å². The van der Waals surface area contributed by atoms with Crippen molar-refractivity contribution in [2.75, 3.05) is 6.61 Å². The molecule has 0 aromatic carbocycles. The van der Waals surface area contributed by atoms with Gasteiger partial charge in [0.1, 0.15) is 0 Å². The van der Waals surface area contributed by atoms with Gasteiger partial charge in [-0.15, -0.1) is 0 Å². The van der Waals surface area contributed by atoms with Crippen LogP contribution in [0.4, 0.5) is 0 Å². The summed E-state index contributed by atoms with van der Waals surface area (Å²) >= 11 is 0. The minimum absolute atomic E-state index is 0.345. The molecule has 7 heteroatoms. The van der Waals surface area contributed by atoms with E-state index in [-0.39, 0.29) is 6.42 Å². The Morgan fingerprint density at radius 1 is 0.742 bits per heavy atom. The first-order valence-electron chi connectivity index (χ1n) is 12.1. The summed E-state index contributed by atoms with van der Waals surface area (Å²) in [5.41, 5.74) is -1.97. The molecule has 0 aliphatic carbocycles. The van der Waals surface area contributed by atoms with E-state index in [9.17, 15) is 9.59 Å². The number of carboxylic acids is 2. The van der Waals surface area contributed by atoms with E-state index in [0.717, 1.165) is 19.8 Å². The molecule has 186 valence electrons. The van der Waals surface area contributed by atoms with Crippen molar-refractivity contribution in [2.45, 2.75) is 135 Å². The van der Waals surface area contributed by atoms with Crippen molar-refractivity contribution in [1.29, 1.82) is 0 Å². The van der Waals surface area contributed by atoms with Gasteiger partial charge in [0.25, 0.3) is 0 Å². The van der Waals surface area contributed by atoms with Crippen LogP contribution in [0.3, 0.4) is 0 Å². The summed E-state index contributed by atoms with van der Waals surface area (Å²) in [5, 5.41) is 43.0. The number of rotatable bonds is 20. The lowest BCUT2D eigenvalue weighted by atomic mass is 9.99. The highest BCUT2D eigenvalue weighted by atomic mass is 16.4. The zero-order chi connectivity index (χ0) is 24.0. The van der Waals surface area contributed by atoms with Crippen LogP contribution < -0.4 is 0 Å². The highest BCUT2D eigenvalue weighted by Crippen LogP contribution is 2.14. The molecule has 0 bridgehead atoms. The third-order valence-corrected chi connectivity index (χ3v) is 5.30. The van der Waals surface area contributed by atoms with Crippen molar-refractivity contribution < 1.29 is 35.1 Å². The molecule has 31 heavy (non-hydrogen) atoms. The molecule has 0 heterocycles. The zero-order valence-corrected chi connectivity index (χ0v) is 19.9. The predicted molar refractivity (Wildman–Crippen MR) is 123 cm³/mol. The van der Waals surface area contributed by atoms with Crippen molar-refractivity contribution in [1.82, 2.24) is 0 Å². The molecule has 0 fully saturated rings. The molecule has 2 atom stereocenters. The van der Waals surface area contributed by atoms with E-state index in [2.05, 4.69) is 6.92 Å². The molecule has 0 aliphatic rings. The van der Waals surface area contributed by atoms with Crippen LogP contribution in [0.1, 0.15) is 123 Å². The van der Waals surface area contributed by atoms with Crippen LogP contribution in [-0.2, 0) is 9.59 Å². The minimum atomic E-state index is -1.97. The van der Waals surface area contributed by atoms with Crippen LogP contribution in [-0.4, -0.2) is 55.8 Å². The van der Waals surface area contributed by atoms with Gasteiger partial charge in [0.15, 0.2) is 5.60 Å². The molecule has 0 amide bonds. The van der Waals surface area contributed by atoms with Gasteiger partial charge in [0, 0.05) is 12.8 Å². The van der Waals surface area contributed by atoms with Crippen molar-refractivity contribution in [2.24, 2.45) is 0 Å². The van der Waals surface area contributed by atoms with E-state index < -0.39 is 30.3 Å². The smallest absolute Gasteiger partial charge is 0.335 e. The summed E-state index contributed by atoms with van der Waals surface area (Å²) in [4.78, 5) is 20.6. The number of hydrogen-bond acceptors (Lipinski definition) is 5. The second-order valence-corrected chi connectivity index (χ2v) is 8.71. The van der Waals surface area contributed by atoms with Gasteiger partial charge in [-0.05, 0) is 13.3 Å². The van der Waals surface area contributed by atoms with Gasteiger partial charge in [-0.2, -0.15) is 0 Å². The van der Waals surface area contributed by atoms with E-state index in [4.69, 9.17) is 25.5 Å². The molecular weight excluding hydrogens is 400 g/mol. The van der Waals surface area contributed by atoms with E-state index in [1.165, 1.54) is 83.5 Å². The number of hydrogen-bond donors (Lipinski definition) is 5. The first kappa shape index (κ1) is 32.0. The zero-order valence-electron chi connectivity index (χ0n) is 19.9. The Morgan fingerprint density at radius 2 is 1.10 bits per heavy atom. The first-order valence-corrected chi connectivity index (χ1v) is 12.1. The Hall–Kier alpha value is -1.18. The molecular formula is C24H48O7. The van der Waals surface area contributed by atoms with Crippen LogP contribution in [0.2, 0.25) is 0 Å². The molecule has 0 saturated carbocycles. The summed E-state index contributed by atoms with van der Waals surface area (Å²) in [5.74, 6) is -2.07. The van der Waals surface area contributed by atoms with Gasteiger partial charge in [-0.3, -0.25) is 4.79 Å². The van der Waals surface area contributed by atoms with E-state index in [1.807, 2.05) is 0 Å². The summed E-state index contributed by atoms with van der Waals surface area (Å²) in [6.45, 7) is 2.78. The normalized spacial score (nSPS) is 13.7. The molecule has 2 unspecified atom stereocenters. The Bertz CT molecular complexity index is 424. The number of carbonyl (C=O) groups is 2. The van der Waals surface area contributed by atoms with E-state index in [1.54, 1.807) is 0 Å². The molecule has 0 aliphatic heterocycles. The standard InChI is InChI=1S/C18H36O2.C6H12O5/c1-2-3-4-5-6-7-8-9-10-11-12-13-14-15-16-17-18(19)20;1-6(11,5(9)10)2-4(8)3-7/h2-17H2,1H3,(H,19,20);4,7-8,11H,2-3H2,1H3,(H,9,10). The van der Waals surface area contributed by atoms with Crippen LogP contribution in [0.5, 0.6) is 0 Å². The monoisotopic (exact) mass is 448 g/mol. The second-order valence-electron chi connectivity index (χ2n) is 8.71. The highest BCUT2D eigenvalue weighted by molar-refractivity contribution is 5.76. The summed E-state index contributed by atoms with van der Waals surface area (Å²) in [6.07, 6.45) is 18.6. The van der Waals surface area contributed by atoms with Crippen molar-refractivity contribution in [3.63, 3.8) is 0 Å². The number of aliphatic hydroxyl groups excluding tert-OH is 2. The Kier molecular flexibility index (Phi) is 22.7. The average molecular weight is 449 g/mol. The maximum Gasteiger partial charge on any atom is 0.335 e. The maximum atomic E-state index is 10.3. The Labute approximate surface area is 188 Å². The lowest BCUT2D eigenvalue weighted by Gasteiger charge is -2.19. The molecule has 0 aromatic heterocycles. The summed E-state index contributed by atoms with van der Waals surface area (Å²) in [6, 6.07) is 0. The van der Waals surface area contributed by atoms with Gasteiger partial charge in [0.2, 0.25) is 0 Å². The third kappa shape index (κ3) is 25.0. The second kappa shape index (κ2) is 22.0. The quantitative estimate of drug-likeness (QED) is 0.167. The average Bonchev–Trinajstić information content (AvgIpc) is 2.70. The van der Waals surface area contributed by atoms with Crippen LogP contribution in [0.15, 0.2) is 0 Å². The van der Waals surface area contributed by atoms with Gasteiger partial charge < -0.3 is 25.5 Å². The number of carboxylic acid groups (broad SMARTS) is 2. The molecule has 7 nitrogen and oxygen atoms in total. The predicted octanol–water partition coefficient (Wildman–Crippen LogP) is 4.90. The number of unbranched alkanes of at least 4 members (excludes halogenated alkanes) is 14. The Morgan fingerprint density at radius 3 is 1.39 bits per heavy atom. The first-order chi connectivity index (χ1) is 14.7. The van der Waals surface area contributed by atoms with Crippen molar-refractivity contribution in [3.05, 3.63) is 0 Å². The molecule has 0 aromatic rings. The van der Waals surface area contributed by atoms with Crippen molar-refractivity contribution >= 4 is 11.9 Å². The lowest BCUT2D eigenvalue weighted by molar-refractivity contribution is -0.160. The molecule has 5 N–H and O–H groups in total. The topological polar surface area (TPSA) is 135 Å². The number of aliphatic hydroxyl groups is 3. The largest absolute Gasteiger partial charge is 0.481 e. The van der Waals surface area contributed by atoms with Crippen LogP contribution >= 0.6 is 0 Å². The SMILES string of the molecule is CC(O)(CC(O)CO)C(=O)O.CCCCCCCCCCCCCCCCCC(=O)O. The van der Waals surface area contributed by atoms with Crippen molar-refractivity contribution in [3.8, 4) is 0 Å². The van der Waals surface area contributed by atoms with Gasteiger partial charge in [0.05, 0.1) is 12.7 Å². The summed E-state index contributed by atoms with van der Waals surface area (Å²) < 4.78 is 0. The fourth-order valence-electron chi connectivity index (χ4n) is 3.26. The molecule has 0 spiro atoms. The molecule has 0 saturated heterocycles. The Balaban J connectivity index is 0. The fraction of sp³-hybridized carbons (Fsp3) is 0.917. The van der Waals surface area contributed by atoms with Gasteiger partial charge in [-0.1, -0.05) is 96.8 Å². The molecule has 0 radical (unpaired) electrons. The van der Waals surface area contributed by atoms with E-state index in [0.29, 0.717) is 6.42 Å². The summed E-state index contributed by atoms with van der Waals surface area (Å²) in [7, 11) is 0. The van der Waals surface area contributed by atoms with Gasteiger partial charge in [-0.25, -0.2) is 4.79 Å². The third-order valence-electron chi connectivity index (χ3n) is 5.30. The maximum absolute atomic E-state index is 10.3. The van der Waals surface area contributed by atoms with Crippen LogP contribution in [0.25, 0.3) is 0 Å². The lowest BCUT2D eigenvalue weighted by Crippen LogP contribution is -2.39. The number of aliphatic carboxylic acids is 2. The molecule has 0 rings (SSSR count). The minimum Gasteiger partial charge on any atom is -0.481 e.